The summed E-state index contributed by atoms with van der Waals surface area (Å²) >= 11 is 4.62. The Morgan fingerprint density at radius 2 is 1.67 bits per heavy atom. The van der Waals surface area contributed by atoms with Crippen molar-refractivity contribution in [1.29, 1.82) is 0 Å². The van der Waals surface area contributed by atoms with Crippen molar-refractivity contribution in [3.63, 3.8) is 0 Å². The number of phenolic OH excluding ortho intramolecular Hbond substituents is 2. The number of aromatic amines is 1. The standard InChI is InChI=1S/C24H18N4O4S/c29-13-2-4-19-15(8-13)17(10-26-19)21-22(24(32)27-23(21)31)18-11-28(7-1-6-25-12-33)20-5-3-14(30)9-16(18)20/h2-5,8-11,26,29-30H,1,6-7H2,(H,27,31,32). The Labute approximate surface area is 192 Å². The maximum absolute atomic E-state index is 13.0. The summed E-state index contributed by atoms with van der Waals surface area (Å²) in [7, 11) is 0. The summed E-state index contributed by atoms with van der Waals surface area (Å²) in [5.74, 6) is -0.931. The van der Waals surface area contributed by atoms with Gasteiger partial charge in [-0.15, -0.1) is 0 Å². The number of aliphatic imine (C=N–C) groups is 1. The molecule has 3 heterocycles. The van der Waals surface area contributed by atoms with Gasteiger partial charge < -0.3 is 19.8 Å². The molecule has 4 N–H and O–H groups in total. The minimum absolute atomic E-state index is 0.0516. The lowest BCUT2D eigenvalue weighted by molar-refractivity contribution is -0.122. The SMILES string of the molecule is O=C1NC(=O)C(c2cn(CCCN=C=S)c3ccc(O)cc23)=C1c1c[nH]c2ccc(O)cc12. The number of carbonyl (C=O) groups excluding carboxylic acids is 2. The molecule has 0 unspecified atom stereocenters. The molecule has 0 radical (unpaired) electrons. The van der Waals surface area contributed by atoms with Gasteiger partial charge in [0.2, 0.25) is 0 Å². The Morgan fingerprint density at radius 1 is 0.970 bits per heavy atom. The predicted molar refractivity (Wildman–Crippen MR) is 128 cm³/mol. The molecule has 2 aromatic carbocycles. The number of aromatic hydroxyl groups is 2. The molecule has 0 saturated heterocycles. The largest absolute Gasteiger partial charge is 0.508 e. The van der Waals surface area contributed by atoms with Gasteiger partial charge in [-0.05, 0) is 55.0 Å². The number of H-pyrrole nitrogens is 1. The second-order valence-corrected chi connectivity index (χ2v) is 7.91. The molecule has 1 aliphatic rings. The van der Waals surface area contributed by atoms with Gasteiger partial charge in [0.15, 0.2) is 0 Å². The second-order valence-electron chi connectivity index (χ2n) is 7.73. The molecular weight excluding hydrogens is 440 g/mol. The molecule has 0 aliphatic carbocycles. The van der Waals surface area contributed by atoms with E-state index in [2.05, 4.69) is 32.7 Å². The van der Waals surface area contributed by atoms with Crippen molar-refractivity contribution in [3.8, 4) is 11.5 Å². The number of isothiocyanates is 1. The van der Waals surface area contributed by atoms with Crippen molar-refractivity contribution in [2.45, 2.75) is 13.0 Å². The van der Waals surface area contributed by atoms with Crippen LogP contribution in [-0.2, 0) is 16.1 Å². The van der Waals surface area contributed by atoms with Crippen LogP contribution >= 0.6 is 12.2 Å². The number of aromatic nitrogens is 2. The number of hydrogen-bond donors (Lipinski definition) is 4. The monoisotopic (exact) mass is 458 g/mol. The molecule has 9 heteroatoms. The Morgan fingerprint density at radius 3 is 2.42 bits per heavy atom. The molecular formula is C24H18N4O4S. The first kappa shape index (κ1) is 20.7. The van der Waals surface area contributed by atoms with Gasteiger partial charge in [-0.25, -0.2) is 4.99 Å². The molecule has 33 heavy (non-hydrogen) atoms. The van der Waals surface area contributed by atoms with E-state index < -0.39 is 11.8 Å². The zero-order valence-electron chi connectivity index (χ0n) is 17.3. The van der Waals surface area contributed by atoms with E-state index in [-0.39, 0.29) is 22.6 Å². The number of amides is 2. The highest BCUT2D eigenvalue weighted by atomic mass is 32.1. The fraction of sp³-hybridized carbons (Fsp3) is 0.125. The van der Waals surface area contributed by atoms with E-state index in [1.54, 1.807) is 42.6 Å². The lowest BCUT2D eigenvalue weighted by atomic mass is 9.95. The Bertz CT molecular complexity index is 1540. The number of phenols is 2. The third kappa shape index (κ3) is 3.49. The van der Waals surface area contributed by atoms with Crippen LogP contribution in [0.2, 0.25) is 0 Å². The van der Waals surface area contributed by atoms with Crippen LogP contribution in [0.5, 0.6) is 11.5 Å². The molecule has 164 valence electrons. The molecule has 0 fully saturated rings. The number of fused-ring (bicyclic) bond motifs is 2. The van der Waals surface area contributed by atoms with Gasteiger partial charge in [0, 0.05) is 51.9 Å². The third-order valence-electron chi connectivity index (χ3n) is 5.73. The molecule has 5 rings (SSSR count). The van der Waals surface area contributed by atoms with Crippen molar-refractivity contribution in [2.24, 2.45) is 4.99 Å². The van der Waals surface area contributed by atoms with E-state index >= 15 is 0 Å². The fourth-order valence-corrected chi connectivity index (χ4v) is 4.41. The van der Waals surface area contributed by atoms with E-state index in [0.29, 0.717) is 41.4 Å². The maximum Gasteiger partial charge on any atom is 0.259 e. The van der Waals surface area contributed by atoms with Crippen molar-refractivity contribution in [3.05, 3.63) is 59.9 Å². The quantitative estimate of drug-likeness (QED) is 0.152. The van der Waals surface area contributed by atoms with Gasteiger partial charge in [-0.3, -0.25) is 14.9 Å². The first-order valence-corrected chi connectivity index (χ1v) is 10.6. The molecule has 0 atom stereocenters. The number of benzene rings is 2. The van der Waals surface area contributed by atoms with E-state index in [1.807, 2.05) is 10.8 Å². The number of aryl methyl sites for hydroxylation is 1. The van der Waals surface area contributed by atoms with Crippen molar-refractivity contribution >= 4 is 62.1 Å². The summed E-state index contributed by atoms with van der Waals surface area (Å²) < 4.78 is 1.96. The van der Waals surface area contributed by atoms with Crippen LogP contribution in [0.3, 0.4) is 0 Å². The van der Waals surface area contributed by atoms with Crippen LogP contribution in [-0.4, -0.2) is 43.3 Å². The van der Waals surface area contributed by atoms with Crippen LogP contribution in [0, 0.1) is 0 Å². The lowest BCUT2D eigenvalue weighted by Crippen LogP contribution is -2.22. The Kier molecular flexibility index (Phi) is 5.05. The summed E-state index contributed by atoms with van der Waals surface area (Å²) in [5, 5.41) is 26.1. The van der Waals surface area contributed by atoms with Crippen molar-refractivity contribution < 1.29 is 19.8 Å². The van der Waals surface area contributed by atoms with Crippen molar-refractivity contribution in [2.75, 3.05) is 6.54 Å². The highest BCUT2D eigenvalue weighted by Gasteiger charge is 2.35. The van der Waals surface area contributed by atoms with E-state index in [4.69, 9.17) is 0 Å². The van der Waals surface area contributed by atoms with Gasteiger partial charge in [0.1, 0.15) is 11.5 Å². The molecule has 8 nitrogen and oxygen atoms in total. The molecule has 0 saturated carbocycles. The van der Waals surface area contributed by atoms with Crippen molar-refractivity contribution in [1.82, 2.24) is 14.9 Å². The molecule has 0 spiro atoms. The summed E-state index contributed by atoms with van der Waals surface area (Å²) in [5.41, 5.74) is 3.01. The average Bonchev–Trinajstić information content (AvgIpc) is 3.43. The molecule has 2 amide bonds. The Balaban J connectivity index is 1.74. The number of nitrogens with zero attached hydrogens (tertiary/aromatic N) is 2. The fourth-order valence-electron chi connectivity index (χ4n) is 4.32. The minimum atomic E-state index is -0.518. The summed E-state index contributed by atoms with van der Waals surface area (Å²) in [6.07, 6.45) is 4.16. The summed E-state index contributed by atoms with van der Waals surface area (Å²) in [6.45, 7) is 1.11. The normalized spacial score (nSPS) is 13.7. The predicted octanol–water partition coefficient (Wildman–Crippen LogP) is 3.59. The molecule has 2 aromatic heterocycles. The molecule has 1 aliphatic heterocycles. The van der Waals surface area contributed by atoms with E-state index in [1.165, 1.54) is 0 Å². The number of nitrogens with one attached hydrogen (secondary N) is 2. The number of imide groups is 1. The number of rotatable bonds is 6. The number of hydrogen-bond acceptors (Lipinski definition) is 6. The maximum atomic E-state index is 13.0. The first-order chi connectivity index (χ1) is 16.0. The van der Waals surface area contributed by atoms with Gasteiger partial charge >= 0.3 is 0 Å². The molecule has 0 bridgehead atoms. The van der Waals surface area contributed by atoms with Crippen LogP contribution in [0.4, 0.5) is 0 Å². The third-order valence-corrected chi connectivity index (χ3v) is 5.86. The molecule has 4 aromatic rings. The zero-order chi connectivity index (χ0) is 23.1. The number of carbonyl (C=O) groups is 2. The van der Waals surface area contributed by atoms with Crippen LogP contribution in [0.25, 0.3) is 33.0 Å². The average molecular weight is 458 g/mol. The van der Waals surface area contributed by atoms with E-state index in [9.17, 15) is 19.8 Å². The first-order valence-electron chi connectivity index (χ1n) is 10.2. The van der Waals surface area contributed by atoms with E-state index in [0.717, 1.165) is 11.0 Å². The minimum Gasteiger partial charge on any atom is -0.508 e. The second kappa shape index (κ2) is 8.05. The number of thiocarbonyl (C=S) groups is 1. The highest BCUT2D eigenvalue weighted by Crippen LogP contribution is 2.39. The van der Waals surface area contributed by atoms with Crippen LogP contribution < -0.4 is 5.32 Å². The van der Waals surface area contributed by atoms with Gasteiger partial charge in [0.05, 0.1) is 22.9 Å². The smallest absolute Gasteiger partial charge is 0.259 e. The van der Waals surface area contributed by atoms with Crippen LogP contribution in [0.1, 0.15) is 17.5 Å². The zero-order valence-corrected chi connectivity index (χ0v) is 18.1. The summed E-state index contributed by atoms with van der Waals surface area (Å²) in [4.78, 5) is 32.9. The summed E-state index contributed by atoms with van der Waals surface area (Å²) in [6, 6.07) is 9.73. The van der Waals surface area contributed by atoms with Gasteiger partial charge in [0.25, 0.3) is 11.8 Å². The van der Waals surface area contributed by atoms with Gasteiger partial charge in [-0.1, -0.05) is 0 Å². The highest BCUT2D eigenvalue weighted by molar-refractivity contribution is 7.78. The lowest BCUT2D eigenvalue weighted by Gasteiger charge is -2.03. The Hall–Kier alpha value is -4.20. The topological polar surface area (TPSA) is 120 Å². The van der Waals surface area contributed by atoms with Gasteiger partial charge in [-0.2, -0.15) is 0 Å². The van der Waals surface area contributed by atoms with Crippen LogP contribution in [0.15, 0.2) is 53.8 Å².